The maximum absolute atomic E-state index is 9.29. The molecule has 168 valence electrons. The molecule has 4 aliphatic carbocycles. The van der Waals surface area contributed by atoms with Crippen molar-refractivity contribution in [1.29, 1.82) is 0 Å². The molecule has 2 aromatic rings. The smallest absolute Gasteiger partial charge is 0.119 e. The number of hydrogen-bond acceptors (Lipinski definition) is 4. The van der Waals surface area contributed by atoms with Crippen molar-refractivity contribution in [1.82, 2.24) is 0 Å². The van der Waals surface area contributed by atoms with Crippen molar-refractivity contribution >= 4 is 0 Å². The molecule has 2 N–H and O–H groups in total. The molecule has 0 aliphatic heterocycles. The number of hydrogen-bond donors (Lipinski definition) is 2. The number of ether oxygens (including phenoxy) is 2. The summed E-state index contributed by atoms with van der Waals surface area (Å²) in [6, 6.07) is 15.2. The van der Waals surface area contributed by atoms with Gasteiger partial charge in [0, 0.05) is 11.8 Å². The highest BCUT2D eigenvalue weighted by atomic mass is 16.5. The molecule has 0 heterocycles. The Hall–Kier alpha value is -3.08. The molecule has 3 atom stereocenters. The van der Waals surface area contributed by atoms with Crippen LogP contribution in [0.2, 0.25) is 0 Å². The number of benzene rings is 2. The average Bonchev–Trinajstić information content (AvgIpc) is 3.33. The van der Waals surface area contributed by atoms with Gasteiger partial charge < -0.3 is 19.7 Å². The van der Waals surface area contributed by atoms with E-state index in [1.165, 1.54) is 33.4 Å². The number of rotatable bonds is 6. The van der Waals surface area contributed by atoms with Gasteiger partial charge in [0.1, 0.15) is 24.7 Å². The van der Waals surface area contributed by atoms with Crippen LogP contribution in [0.1, 0.15) is 24.0 Å². The van der Waals surface area contributed by atoms with E-state index in [9.17, 15) is 10.2 Å². The second-order valence-corrected chi connectivity index (χ2v) is 9.06. The first-order valence-corrected chi connectivity index (χ1v) is 11.8. The summed E-state index contributed by atoms with van der Waals surface area (Å²) in [7, 11) is 0. The molecule has 4 nitrogen and oxygen atoms in total. The van der Waals surface area contributed by atoms with Crippen molar-refractivity contribution in [3.63, 3.8) is 0 Å². The molecular formula is C29H28O4. The monoisotopic (exact) mass is 440 g/mol. The minimum absolute atomic E-state index is 0.000864. The Kier molecular flexibility index (Phi) is 5.01. The third kappa shape index (κ3) is 2.91. The van der Waals surface area contributed by atoms with Crippen molar-refractivity contribution < 1.29 is 19.7 Å². The largest absolute Gasteiger partial charge is 0.492 e. The fourth-order valence-corrected chi connectivity index (χ4v) is 6.46. The van der Waals surface area contributed by atoms with E-state index in [2.05, 4.69) is 66.8 Å². The van der Waals surface area contributed by atoms with Crippen molar-refractivity contribution in [2.24, 2.45) is 11.8 Å². The van der Waals surface area contributed by atoms with Gasteiger partial charge in [-0.3, -0.25) is 0 Å². The maximum Gasteiger partial charge on any atom is 0.119 e. The Labute approximate surface area is 194 Å². The molecule has 1 spiro atoms. The van der Waals surface area contributed by atoms with Crippen molar-refractivity contribution in [3.8, 4) is 16.9 Å². The predicted molar refractivity (Wildman–Crippen MR) is 128 cm³/mol. The van der Waals surface area contributed by atoms with Gasteiger partial charge in [-0.05, 0) is 65.0 Å². The Morgan fingerprint density at radius 2 is 1.73 bits per heavy atom. The molecule has 2 aromatic carbocycles. The van der Waals surface area contributed by atoms with E-state index < -0.39 is 0 Å². The van der Waals surface area contributed by atoms with Crippen LogP contribution < -0.4 is 4.74 Å². The zero-order valence-electron chi connectivity index (χ0n) is 18.5. The van der Waals surface area contributed by atoms with Crippen LogP contribution in [0, 0.1) is 11.8 Å². The lowest BCUT2D eigenvalue weighted by atomic mass is 9.63. The van der Waals surface area contributed by atoms with Gasteiger partial charge in [-0.15, -0.1) is 0 Å². The van der Waals surface area contributed by atoms with Crippen molar-refractivity contribution in [2.75, 3.05) is 26.4 Å². The third-order valence-corrected chi connectivity index (χ3v) is 7.52. The van der Waals surface area contributed by atoms with Gasteiger partial charge in [0.25, 0.3) is 0 Å². The number of aliphatic hydroxyl groups excluding tert-OH is 2. The highest BCUT2D eigenvalue weighted by molar-refractivity contribution is 5.86. The first-order chi connectivity index (χ1) is 16.3. The summed E-state index contributed by atoms with van der Waals surface area (Å²) < 4.78 is 11.8. The molecule has 0 aromatic heterocycles. The van der Waals surface area contributed by atoms with Gasteiger partial charge in [0.2, 0.25) is 0 Å². The summed E-state index contributed by atoms with van der Waals surface area (Å²) in [6.45, 7) is 0.564. The highest BCUT2D eigenvalue weighted by Crippen LogP contribution is 2.66. The van der Waals surface area contributed by atoms with Crippen molar-refractivity contribution in [3.05, 3.63) is 101 Å². The Balaban J connectivity index is 1.61. The van der Waals surface area contributed by atoms with E-state index in [0.29, 0.717) is 6.61 Å². The van der Waals surface area contributed by atoms with Crippen LogP contribution in [0.25, 0.3) is 11.1 Å². The molecule has 4 heteroatoms. The molecule has 0 radical (unpaired) electrons. The fraction of sp³-hybridized carbons (Fsp3) is 0.310. The number of aliphatic hydroxyl groups is 2. The second kappa shape index (κ2) is 8.05. The SMILES string of the molecule is OCCOC1=CC2C(C=C1)C1=C(CCC=C1)C21c2ccccc2-c2ccc(OCCO)cc21. The molecule has 0 bridgehead atoms. The van der Waals surface area contributed by atoms with E-state index in [4.69, 9.17) is 9.47 Å². The topological polar surface area (TPSA) is 58.9 Å². The molecule has 6 rings (SSSR count). The Morgan fingerprint density at radius 3 is 2.61 bits per heavy atom. The van der Waals surface area contributed by atoms with E-state index in [1.54, 1.807) is 0 Å². The van der Waals surface area contributed by atoms with Crippen LogP contribution in [0.15, 0.2) is 89.8 Å². The van der Waals surface area contributed by atoms with Gasteiger partial charge in [-0.2, -0.15) is 0 Å². The molecule has 0 amide bonds. The van der Waals surface area contributed by atoms with Crippen LogP contribution in [-0.4, -0.2) is 36.6 Å². The van der Waals surface area contributed by atoms with Crippen LogP contribution in [0.5, 0.6) is 5.75 Å². The molecule has 0 saturated heterocycles. The van der Waals surface area contributed by atoms with Crippen molar-refractivity contribution in [2.45, 2.75) is 18.3 Å². The van der Waals surface area contributed by atoms with Crippen LogP contribution in [0.3, 0.4) is 0 Å². The van der Waals surface area contributed by atoms with Crippen LogP contribution in [0.4, 0.5) is 0 Å². The Bertz CT molecular complexity index is 1220. The van der Waals surface area contributed by atoms with E-state index in [1.807, 2.05) is 6.07 Å². The lowest BCUT2D eigenvalue weighted by molar-refractivity contribution is 0.148. The molecule has 3 unspecified atom stereocenters. The van der Waals surface area contributed by atoms with E-state index in [0.717, 1.165) is 24.4 Å². The summed E-state index contributed by atoms with van der Waals surface area (Å²) in [6.07, 6.45) is 13.3. The molecule has 4 aliphatic rings. The minimum Gasteiger partial charge on any atom is -0.492 e. The summed E-state index contributed by atoms with van der Waals surface area (Å²) in [5.41, 5.74) is 7.80. The zero-order valence-corrected chi connectivity index (χ0v) is 18.5. The summed E-state index contributed by atoms with van der Waals surface area (Å²) in [5, 5.41) is 18.6. The Morgan fingerprint density at radius 1 is 0.909 bits per heavy atom. The number of allylic oxidation sites excluding steroid dienone is 7. The molecular weight excluding hydrogens is 412 g/mol. The van der Waals surface area contributed by atoms with Crippen LogP contribution >= 0.6 is 0 Å². The normalized spacial score (nSPS) is 26.1. The van der Waals surface area contributed by atoms with Gasteiger partial charge in [0.15, 0.2) is 0 Å². The lowest BCUT2D eigenvalue weighted by Crippen LogP contribution is -2.35. The quantitative estimate of drug-likeness (QED) is 0.685. The third-order valence-electron chi connectivity index (χ3n) is 7.52. The standard InChI is InChI=1S/C29H28O4/c30-13-15-32-19-9-11-23-21-5-1-3-7-25(21)29(27(23)17-19)26-8-4-2-6-22(26)24-12-10-20(18-28(24)29)33-16-14-31/h1-3,5-7,9-12,17-18,24,28,30-31H,4,8,13-16H2. The predicted octanol–water partition coefficient (Wildman–Crippen LogP) is 4.68. The molecule has 0 saturated carbocycles. The first-order valence-electron chi connectivity index (χ1n) is 11.8. The lowest BCUT2D eigenvalue weighted by Gasteiger charge is -2.38. The van der Waals surface area contributed by atoms with E-state index in [-0.39, 0.29) is 37.1 Å². The number of fused-ring (bicyclic) bond motifs is 9. The van der Waals surface area contributed by atoms with Crippen LogP contribution in [-0.2, 0) is 10.2 Å². The summed E-state index contributed by atoms with van der Waals surface area (Å²) >= 11 is 0. The second-order valence-electron chi connectivity index (χ2n) is 9.06. The van der Waals surface area contributed by atoms with Gasteiger partial charge >= 0.3 is 0 Å². The highest BCUT2D eigenvalue weighted by Gasteiger charge is 2.58. The van der Waals surface area contributed by atoms with Gasteiger partial charge in [-0.25, -0.2) is 0 Å². The minimum atomic E-state index is -0.284. The van der Waals surface area contributed by atoms with Gasteiger partial charge in [0.05, 0.1) is 18.6 Å². The average molecular weight is 441 g/mol. The maximum atomic E-state index is 9.29. The van der Waals surface area contributed by atoms with E-state index >= 15 is 0 Å². The van der Waals surface area contributed by atoms with Gasteiger partial charge in [-0.1, -0.05) is 54.1 Å². The summed E-state index contributed by atoms with van der Waals surface area (Å²) in [4.78, 5) is 0. The fourth-order valence-electron chi connectivity index (χ4n) is 6.46. The molecule has 33 heavy (non-hydrogen) atoms. The zero-order chi connectivity index (χ0) is 22.4. The molecule has 0 fully saturated rings. The first kappa shape index (κ1) is 20.5. The summed E-state index contributed by atoms with van der Waals surface area (Å²) in [5.74, 6) is 2.07.